The van der Waals surface area contributed by atoms with Crippen molar-refractivity contribution in [3.05, 3.63) is 61.3 Å². The van der Waals surface area contributed by atoms with E-state index in [9.17, 15) is 0 Å². The van der Waals surface area contributed by atoms with Crippen LogP contribution in [0, 0.1) is 0 Å². The van der Waals surface area contributed by atoms with E-state index in [1.54, 1.807) is 6.20 Å². The van der Waals surface area contributed by atoms with Gasteiger partial charge < -0.3 is 13.7 Å². The summed E-state index contributed by atoms with van der Waals surface area (Å²) in [6.45, 7) is 3.10. The van der Waals surface area contributed by atoms with Gasteiger partial charge >= 0.3 is 0 Å². The summed E-state index contributed by atoms with van der Waals surface area (Å²) in [6.07, 6.45) is 9.77. The lowest BCUT2D eigenvalue weighted by Gasteiger charge is -2.18. The molecule has 0 aliphatic carbocycles. The molecule has 5 heteroatoms. The molecule has 1 unspecified atom stereocenters. The van der Waals surface area contributed by atoms with E-state index in [-0.39, 0.29) is 6.04 Å². The van der Waals surface area contributed by atoms with Crippen molar-refractivity contribution in [2.24, 2.45) is 7.05 Å². The molecule has 23 heavy (non-hydrogen) atoms. The number of hydrogen-bond acceptors (Lipinski definition) is 2. The third-order valence-corrected chi connectivity index (χ3v) is 4.31. The van der Waals surface area contributed by atoms with Crippen molar-refractivity contribution in [3.8, 4) is 11.6 Å². The Kier molecular flexibility index (Phi) is 3.26. The predicted molar refractivity (Wildman–Crippen MR) is 91.1 cm³/mol. The van der Waals surface area contributed by atoms with Crippen LogP contribution in [0.4, 0.5) is 0 Å². The smallest absolute Gasteiger partial charge is 0.176 e. The maximum absolute atomic E-state index is 4.50. The minimum absolute atomic E-state index is 0.278. The molecule has 0 fully saturated rings. The molecule has 0 bridgehead atoms. The van der Waals surface area contributed by atoms with Crippen molar-refractivity contribution in [2.45, 2.75) is 19.5 Å². The van der Waals surface area contributed by atoms with E-state index in [1.165, 1.54) is 10.9 Å². The molecule has 0 saturated heterocycles. The van der Waals surface area contributed by atoms with Crippen molar-refractivity contribution in [1.29, 1.82) is 0 Å². The van der Waals surface area contributed by atoms with E-state index in [0.717, 1.165) is 18.2 Å². The lowest BCUT2D eigenvalue weighted by Crippen LogP contribution is -2.14. The van der Waals surface area contributed by atoms with Crippen LogP contribution in [0.1, 0.15) is 13.0 Å². The van der Waals surface area contributed by atoms with E-state index in [4.69, 9.17) is 0 Å². The number of nitrogens with zero attached hydrogens (tertiary/aromatic N) is 5. The van der Waals surface area contributed by atoms with Gasteiger partial charge in [0.2, 0.25) is 0 Å². The first-order chi connectivity index (χ1) is 11.2. The van der Waals surface area contributed by atoms with Crippen LogP contribution in [0.25, 0.3) is 22.6 Å². The fourth-order valence-electron chi connectivity index (χ4n) is 3.10. The van der Waals surface area contributed by atoms with Gasteiger partial charge in [0.1, 0.15) is 0 Å². The van der Waals surface area contributed by atoms with E-state index < -0.39 is 0 Å². The Labute approximate surface area is 134 Å². The summed E-state index contributed by atoms with van der Waals surface area (Å²) in [4.78, 5) is 8.92. The second-order valence-electron chi connectivity index (χ2n) is 5.90. The van der Waals surface area contributed by atoms with E-state index in [2.05, 4.69) is 62.6 Å². The molecule has 4 rings (SSSR count). The van der Waals surface area contributed by atoms with E-state index in [1.807, 2.05) is 30.2 Å². The first-order valence-corrected chi connectivity index (χ1v) is 7.78. The molecule has 5 nitrogen and oxygen atoms in total. The van der Waals surface area contributed by atoms with Crippen molar-refractivity contribution >= 4 is 10.9 Å². The number of benzene rings is 1. The number of fused-ring (bicyclic) bond motifs is 1. The molecule has 0 aliphatic heterocycles. The topological polar surface area (TPSA) is 40.6 Å². The van der Waals surface area contributed by atoms with Gasteiger partial charge in [0.25, 0.3) is 0 Å². The molecule has 0 aliphatic rings. The summed E-state index contributed by atoms with van der Waals surface area (Å²) in [5, 5.41) is 1.27. The highest BCUT2D eigenvalue weighted by Crippen LogP contribution is 2.22. The molecule has 3 heterocycles. The molecule has 4 aromatic rings. The lowest BCUT2D eigenvalue weighted by molar-refractivity contribution is 0.474. The summed E-state index contributed by atoms with van der Waals surface area (Å²) in [5.41, 5.74) is 1.26. The fraction of sp³-hybridized carbons (Fsp3) is 0.222. The number of para-hydroxylation sites is 1. The van der Waals surface area contributed by atoms with Crippen molar-refractivity contribution < 1.29 is 0 Å². The van der Waals surface area contributed by atoms with Gasteiger partial charge in [0.05, 0.1) is 6.04 Å². The molecule has 3 aromatic heterocycles. The van der Waals surface area contributed by atoms with Crippen LogP contribution in [0.3, 0.4) is 0 Å². The van der Waals surface area contributed by atoms with Crippen LogP contribution in [0.15, 0.2) is 61.3 Å². The first kappa shape index (κ1) is 13.8. The Morgan fingerprint density at radius 3 is 2.57 bits per heavy atom. The molecular weight excluding hydrogens is 286 g/mol. The molecule has 0 amide bonds. The molecule has 0 N–H and O–H groups in total. The largest absolute Gasteiger partial charge is 0.345 e. The third kappa shape index (κ3) is 2.34. The first-order valence-electron chi connectivity index (χ1n) is 7.78. The molecule has 1 atom stereocenters. The van der Waals surface area contributed by atoms with E-state index >= 15 is 0 Å². The van der Waals surface area contributed by atoms with Crippen LogP contribution in [-0.2, 0) is 13.6 Å². The van der Waals surface area contributed by atoms with Crippen LogP contribution in [0.5, 0.6) is 0 Å². The number of aromatic nitrogens is 5. The Hall–Kier alpha value is -2.82. The quantitative estimate of drug-likeness (QED) is 0.579. The van der Waals surface area contributed by atoms with Gasteiger partial charge in [-0.15, -0.1) is 0 Å². The monoisotopic (exact) mass is 305 g/mol. The maximum Gasteiger partial charge on any atom is 0.176 e. The van der Waals surface area contributed by atoms with Crippen molar-refractivity contribution in [3.63, 3.8) is 0 Å². The summed E-state index contributed by atoms with van der Waals surface area (Å²) < 4.78 is 6.48. The second-order valence-corrected chi connectivity index (χ2v) is 5.90. The number of aryl methyl sites for hydroxylation is 1. The van der Waals surface area contributed by atoms with Gasteiger partial charge in [0.15, 0.2) is 11.6 Å². The van der Waals surface area contributed by atoms with E-state index in [0.29, 0.717) is 0 Å². The summed E-state index contributed by atoms with van der Waals surface area (Å²) >= 11 is 0. The fourth-order valence-corrected chi connectivity index (χ4v) is 3.10. The van der Waals surface area contributed by atoms with Crippen molar-refractivity contribution in [2.75, 3.05) is 0 Å². The van der Waals surface area contributed by atoms with Gasteiger partial charge in [0, 0.05) is 50.1 Å². The standard InChI is InChI=1S/C18H19N5/c1-14(13-22-10-7-15-5-3-4-6-16(15)22)23-12-9-20-18(23)17-19-8-11-21(17)2/h3-12,14H,13H2,1-2H3. The van der Waals surface area contributed by atoms with Crippen LogP contribution in [-0.4, -0.2) is 23.7 Å². The lowest BCUT2D eigenvalue weighted by atomic mass is 10.2. The van der Waals surface area contributed by atoms with Crippen LogP contribution >= 0.6 is 0 Å². The Morgan fingerprint density at radius 2 is 1.74 bits per heavy atom. The van der Waals surface area contributed by atoms with Crippen LogP contribution < -0.4 is 0 Å². The normalized spacial score (nSPS) is 12.8. The molecule has 0 saturated carbocycles. The maximum atomic E-state index is 4.50. The molecule has 0 radical (unpaired) electrons. The third-order valence-electron chi connectivity index (χ3n) is 4.31. The predicted octanol–water partition coefficient (Wildman–Crippen LogP) is 3.50. The van der Waals surface area contributed by atoms with Gasteiger partial charge in [-0.2, -0.15) is 0 Å². The molecule has 0 spiro atoms. The number of imidazole rings is 2. The van der Waals surface area contributed by atoms with Gasteiger partial charge in [-0.1, -0.05) is 18.2 Å². The van der Waals surface area contributed by atoms with Gasteiger partial charge in [-0.3, -0.25) is 0 Å². The second kappa shape index (κ2) is 5.43. The number of rotatable bonds is 4. The summed E-state index contributed by atoms with van der Waals surface area (Å²) in [7, 11) is 1.99. The van der Waals surface area contributed by atoms with Crippen LogP contribution in [0.2, 0.25) is 0 Å². The minimum atomic E-state index is 0.278. The molecule has 116 valence electrons. The Morgan fingerprint density at radius 1 is 0.957 bits per heavy atom. The van der Waals surface area contributed by atoms with Gasteiger partial charge in [-0.25, -0.2) is 9.97 Å². The highest BCUT2D eigenvalue weighted by atomic mass is 15.2. The number of hydrogen-bond donors (Lipinski definition) is 0. The zero-order valence-electron chi connectivity index (χ0n) is 13.3. The summed E-state index contributed by atoms with van der Waals surface area (Å²) in [6, 6.07) is 10.9. The Bertz CT molecular complexity index is 943. The highest BCUT2D eigenvalue weighted by molar-refractivity contribution is 5.79. The summed E-state index contributed by atoms with van der Waals surface area (Å²) in [5.74, 6) is 1.79. The average Bonchev–Trinajstić information content (AvgIpc) is 3.27. The zero-order valence-corrected chi connectivity index (χ0v) is 13.3. The van der Waals surface area contributed by atoms with Gasteiger partial charge in [-0.05, 0) is 24.4 Å². The zero-order chi connectivity index (χ0) is 15.8. The highest BCUT2D eigenvalue weighted by Gasteiger charge is 2.15. The average molecular weight is 305 g/mol. The molecule has 1 aromatic carbocycles. The minimum Gasteiger partial charge on any atom is -0.345 e. The molecular formula is C18H19N5. The Balaban J connectivity index is 1.67. The SMILES string of the molecule is CC(Cn1ccc2ccccc21)n1ccnc1-c1nccn1C. The van der Waals surface area contributed by atoms with Crippen molar-refractivity contribution in [1.82, 2.24) is 23.7 Å².